The van der Waals surface area contributed by atoms with Gasteiger partial charge in [-0.1, -0.05) is 356 Å². The van der Waals surface area contributed by atoms with E-state index in [9.17, 15) is 0 Å². The number of aryl methyl sites for hydroxylation is 6. The Morgan fingerprint density at radius 1 is 0.221 bits per heavy atom. The first-order valence-electron chi connectivity index (χ1n) is 41.3. The van der Waals surface area contributed by atoms with E-state index in [4.69, 9.17) is 8.83 Å². The van der Waals surface area contributed by atoms with E-state index in [1.54, 1.807) is 22.3 Å². The lowest BCUT2D eigenvalue weighted by Gasteiger charge is -2.36. The first kappa shape index (κ1) is 71.5. The average molecular weight is 1460 g/mol. The van der Waals surface area contributed by atoms with Gasteiger partial charge in [0.05, 0.1) is 0 Å². The fourth-order valence-corrected chi connectivity index (χ4v) is 21.1. The van der Waals surface area contributed by atoms with E-state index in [1.165, 1.54) is 223 Å². The quantitative estimate of drug-likeness (QED) is 0.151. The summed E-state index contributed by atoms with van der Waals surface area (Å²) in [4.78, 5) is 0. The zero-order chi connectivity index (χ0) is 77.1. The highest BCUT2D eigenvalue weighted by Crippen LogP contribution is 2.59. The van der Waals surface area contributed by atoms with E-state index in [0.717, 1.165) is 22.3 Å². The van der Waals surface area contributed by atoms with Crippen LogP contribution in [0.4, 0.5) is 0 Å². The van der Waals surface area contributed by atoms with E-state index in [1.807, 2.05) is 12.1 Å². The van der Waals surface area contributed by atoms with Crippen molar-refractivity contribution in [2.45, 2.75) is 149 Å². The zero-order valence-corrected chi connectivity index (χ0v) is 67.0. The predicted octanol–water partition coefficient (Wildman–Crippen LogP) is 31.1. The molecule has 18 aromatic rings. The fraction of sp³-hybridized carbons (Fsp3) is 0.207. The van der Waals surface area contributed by atoms with Crippen LogP contribution in [0.1, 0.15) is 163 Å². The van der Waals surface area contributed by atoms with Crippen LogP contribution in [0.2, 0.25) is 0 Å². The molecule has 2 aromatic heterocycles. The third kappa shape index (κ3) is 11.9. The maximum Gasteiger partial charge on any atom is 0.136 e. The molecule has 0 aliphatic heterocycles. The van der Waals surface area contributed by atoms with Gasteiger partial charge in [-0.05, 0) is 240 Å². The summed E-state index contributed by atoms with van der Waals surface area (Å²) >= 11 is 0. The summed E-state index contributed by atoms with van der Waals surface area (Å²) in [5.74, 6) is 0. The Balaban J connectivity index is 0.0000000912. The number of hydrogen-bond donors (Lipinski definition) is 0. The second-order valence-corrected chi connectivity index (χ2v) is 34.3. The zero-order valence-electron chi connectivity index (χ0n) is 67.0. The van der Waals surface area contributed by atoms with Crippen molar-refractivity contribution in [3.8, 4) is 44.5 Å². The molecule has 113 heavy (non-hydrogen) atoms. The SMILES string of the molecule is Cc1cc2c(c3ccccc13)-c1ccccc1C2(C)C.Cc1cc2oc3ccccc3c2c2ccccc12.Cc1ccc2c(c1)C(C)(C)c1ccc3ccccc3c1-2.Cc1ccc2c(c1)C1(CCCC1)c1ccccc1-2.Cc1ccc2c(c1)C1(CCCCC1)c1ccccc1-2.Cc1ccc2c(c1)oc1ccc3ccccc3c12. The Morgan fingerprint density at radius 2 is 0.619 bits per heavy atom. The number of hydrogen-bond acceptors (Lipinski definition) is 2. The summed E-state index contributed by atoms with van der Waals surface area (Å²) in [6.07, 6.45) is 12.2. The topological polar surface area (TPSA) is 26.3 Å². The van der Waals surface area contributed by atoms with E-state index < -0.39 is 0 Å². The molecule has 2 nitrogen and oxygen atoms in total. The minimum absolute atomic E-state index is 0.0979. The van der Waals surface area contributed by atoms with Gasteiger partial charge in [-0.3, -0.25) is 0 Å². The van der Waals surface area contributed by atoms with Crippen LogP contribution in [0.25, 0.3) is 131 Å². The largest absolute Gasteiger partial charge is 0.456 e. The summed E-state index contributed by atoms with van der Waals surface area (Å²) in [7, 11) is 0. The lowest BCUT2D eigenvalue weighted by atomic mass is 9.68. The molecule has 554 valence electrons. The van der Waals surface area contributed by atoms with Crippen molar-refractivity contribution in [3.05, 3.63) is 381 Å². The van der Waals surface area contributed by atoms with Gasteiger partial charge in [0.25, 0.3) is 0 Å². The molecule has 0 saturated heterocycles. The number of para-hydroxylation sites is 1. The van der Waals surface area contributed by atoms with Gasteiger partial charge < -0.3 is 8.83 Å². The summed E-state index contributed by atoms with van der Waals surface area (Å²) in [5, 5.41) is 15.4. The van der Waals surface area contributed by atoms with E-state index in [-0.39, 0.29) is 10.8 Å². The van der Waals surface area contributed by atoms with Gasteiger partial charge in [0.1, 0.15) is 22.3 Å². The van der Waals surface area contributed by atoms with Gasteiger partial charge in [0.15, 0.2) is 0 Å². The number of benzene rings is 16. The van der Waals surface area contributed by atoms with Crippen LogP contribution in [0, 0.1) is 41.5 Å². The summed E-state index contributed by atoms with van der Waals surface area (Å²) in [5.41, 5.74) is 36.6. The maximum atomic E-state index is 5.94. The molecule has 0 N–H and O–H groups in total. The molecule has 0 radical (unpaired) electrons. The number of furan rings is 2. The lowest BCUT2D eigenvalue weighted by Crippen LogP contribution is -2.28. The van der Waals surface area contributed by atoms with Gasteiger partial charge in [-0.2, -0.15) is 0 Å². The molecular formula is C111H98O2. The minimum Gasteiger partial charge on any atom is -0.456 e. The van der Waals surface area contributed by atoms with Crippen molar-refractivity contribution in [1.29, 1.82) is 0 Å². The van der Waals surface area contributed by atoms with Crippen molar-refractivity contribution in [2.75, 3.05) is 0 Å². The predicted molar refractivity (Wildman–Crippen MR) is 481 cm³/mol. The fourth-order valence-electron chi connectivity index (χ4n) is 21.1. The van der Waals surface area contributed by atoms with Crippen LogP contribution in [-0.4, -0.2) is 0 Å². The van der Waals surface area contributed by atoms with Gasteiger partial charge in [-0.25, -0.2) is 0 Å². The van der Waals surface area contributed by atoms with Gasteiger partial charge >= 0.3 is 0 Å². The monoisotopic (exact) mass is 1460 g/mol. The van der Waals surface area contributed by atoms with Crippen LogP contribution in [0.5, 0.6) is 0 Å². The molecule has 0 amide bonds. The Hall–Kier alpha value is -11.8. The highest BCUT2D eigenvalue weighted by Gasteiger charge is 2.46. The number of rotatable bonds is 0. The molecule has 6 aliphatic rings. The number of fused-ring (bicyclic) bond motifs is 30. The Labute approximate surface area is 665 Å². The van der Waals surface area contributed by atoms with Crippen LogP contribution in [0.3, 0.4) is 0 Å². The second-order valence-electron chi connectivity index (χ2n) is 34.3. The first-order chi connectivity index (χ1) is 55.0. The first-order valence-corrected chi connectivity index (χ1v) is 41.3. The standard InChI is InChI=1S/2C20H18.C19H20.C18H18.2C17H12O/c1-13-12-18-19(15-9-5-4-8-14(13)15)16-10-6-7-11-17(16)20(18,2)3;1-13-8-10-16-18(12-13)20(2,3)17-11-9-14-6-4-5-7-15(14)19(16)17;1-14-9-10-16-15-7-3-4-8-17(15)19(18(16)13-14)11-5-2-6-12-19;1-13-8-9-15-14-6-2-3-7-16(14)18(17(15)12-13)10-4-5-11-18;1-11-10-16-17(13-7-3-2-6-12(11)13)14-8-4-5-9-15(14)18-16;1-11-6-8-14-16(10-11)18-15-9-7-12-4-2-3-5-13(12)17(14)15/h2*4-12H,1-3H3;3-4,7-10,13H,2,5-6,11-12H2,1H3;2-3,6-9,12H,4-5,10-11H2,1H3;2*2-10H,1H3. The van der Waals surface area contributed by atoms with Gasteiger partial charge in [-0.15, -0.1) is 0 Å². The molecule has 0 unspecified atom stereocenters. The lowest BCUT2D eigenvalue weighted by molar-refractivity contribution is 0.352. The van der Waals surface area contributed by atoms with Gasteiger partial charge in [0, 0.05) is 43.2 Å². The maximum absolute atomic E-state index is 5.94. The molecule has 6 aliphatic carbocycles. The van der Waals surface area contributed by atoms with Crippen LogP contribution >= 0.6 is 0 Å². The smallest absolute Gasteiger partial charge is 0.136 e. The Bertz CT molecular complexity index is 6800. The Kier molecular flexibility index (Phi) is 17.8. The van der Waals surface area contributed by atoms with Crippen molar-refractivity contribution in [2.24, 2.45) is 0 Å². The molecule has 2 spiro atoms. The van der Waals surface area contributed by atoms with E-state index in [2.05, 4.69) is 360 Å². The normalized spacial score (nSPS) is 15.3. The van der Waals surface area contributed by atoms with Gasteiger partial charge in [0.2, 0.25) is 0 Å². The average Bonchev–Trinajstić information content (AvgIpc) is 1.58. The molecule has 16 aromatic carbocycles. The molecule has 2 fully saturated rings. The molecule has 2 saturated carbocycles. The van der Waals surface area contributed by atoms with Crippen LogP contribution in [-0.2, 0) is 21.7 Å². The molecule has 2 heteroatoms. The van der Waals surface area contributed by atoms with Crippen molar-refractivity contribution in [1.82, 2.24) is 0 Å². The summed E-state index contributed by atoms with van der Waals surface area (Å²) < 4.78 is 11.9. The highest BCUT2D eigenvalue weighted by molar-refractivity contribution is 6.20. The Morgan fingerprint density at radius 3 is 1.26 bits per heavy atom. The summed E-state index contributed by atoms with van der Waals surface area (Å²) in [6, 6.07) is 110. The molecule has 0 bridgehead atoms. The third-order valence-electron chi connectivity index (χ3n) is 26.6. The third-order valence-corrected chi connectivity index (χ3v) is 26.6. The molecular weight excluding hydrogens is 1370 g/mol. The molecule has 2 heterocycles. The minimum atomic E-state index is 0.0979. The van der Waals surface area contributed by atoms with Crippen molar-refractivity contribution < 1.29 is 8.83 Å². The molecule has 0 atom stereocenters. The summed E-state index contributed by atoms with van der Waals surface area (Å²) in [6.45, 7) is 22.4. The second kappa shape index (κ2) is 28.1. The van der Waals surface area contributed by atoms with E-state index in [0.29, 0.717) is 10.8 Å². The highest BCUT2D eigenvalue weighted by atomic mass is 16.3. The van der Waals surface area contributed by atoms with E-state index >= 15 is 0 Å². The van der Waals surface area contributed by atoms with Crippen LogP contribution < -0.4 is 0 Å². The molecule has 24 rings (SSSR count). The van der Waals surface area contributed by atoms with Crippen molar-refractivity contribution in [3.63, 3.8) is 0 Å². The van der Waals surface area contributed by atoms with Crippen molar-refractivity contribution >= 4 is 87.0 Å². The van der Waals surface area contributed by atoms with Crippen LogP contribution in [0.15, 0.2) is 312 Å².